The van der Waals surface area contributed by atoms with E-state index in [-0.39, 0.29) is 5.91 Å². The highest BCUT2D eigenvalue weighted by Gasteiger charge is 2.25. The lowest BCUT2D eigenvalue weighted by atomic mass is 10.1. The highest BCUT2D eigenvalue weighted by Crippen LogP contribution is 2.31. The van der Waals surface area contributed by atoms with Crippen molar-refractivity contribution in [2.45, 2.75) is 6.54 Å². The molecule has 0 N–H and O–H groups in total. The Hall–Kier alpha value is -2.73. The smallest absolute Gasteiger partial charge is 0.257 e. The number of ether oxygens (including phenoxy) is 3. The van der Waals surface area contributed by atoms with Gasteiger partial charge >= 0.3 is 0 Å². The molecule has 1 heterocycles. The molecule has 1 fully saturated rings. The second-order valence-electron chi connectivity index (χ2n) is 6.46. The molecular weight excluding hydrogens is 344 g/mol. The van der Waals surface area contributed by atoms with Crippen molar-refractivity contribution in [2.75, 3.05) is 47.5 Å². The lowest BCUT2D eigenvalue weighted by Crippen LogP contribution is -2.48. The van der Waals surface area contributed by atoms with Crippen LogP contribution in [0.25, 0.3) is 0 Å². The molecule has 0 saturated carbocycles. The zero-order valence-electron chi connectivity index (χ0n) is 16.1. The van der Waals surface area contributed by atoms with Crippen LogP contribution in [0, 0.1) is 0 Å². The molecule has 0 bridgehead atoms. The Morgan fingerprint density at radius 1 is 0.889 bits per heavy atom. The summed E-state index contributed by atoms with van der Waals surface area (Å²) in [5.74, 6) is 1.91. The van der Waals surface area contributed by atoms with Crippen LogP contribution in [0.1, 0.15) is 15.9 Å². The van der Waals surface area contributed by atoms with Crippen LogP contribution >= 0.6 is 0 Å². The molecule has 0 aliphatic carbocycles. The summed E-state index contributed by atoms with van der Waals surface area (Å²) >= 11 is 0. The maximum atomic E-state index is 12.9. The molecule has 0 unspecified atom stereocenters. The van der Waals surface area contributed by atoms with Gasteiger partial charge < -0.3 is 19.1 Å². The maximum Gasteiger partial charge on any atom is 0.257 e. The molecular formula is C21H26N2O4. The number of rotatable bonds is 6. The summed E-state index contributed by atoms with van der Waals surface area (Å²) in [4.78, 5) is 17.2. The molecule has 1 aliphatic heterocycles. The maximum absolute atomic E-state index is 12.9. The van der Waals surface area contributed by atoms with Crippen LogP contribution in [-0.2, 0) is 6.54 Å². The molecule has 6 nitrogen and oxygen atoms in total. The van der Waals surface area contributed by atoms with Gasteiger partial charge in [-0.05, 0) is 29.8 Å². The van der Waals surface area contributed by atoms with Gasteiger partial charge in [0.25, 0.3) is 5.91 Å². The Bertz CT molecular complexity index is 768. The van der Waals surface area contributed by atoms with Gasteiger partial charge in [-0.1, -0.05) is 18.2 Å². The molecule has 3 rings (SSSR count). The van der Waals surface area contributed by atoms with Crippen LogP contribution in [0.4, 0.5) is 0 Å². The van der Waals surface area contributed by atoms with Crippen molar-refractivity contribution in [2.24, 2.45) is 0 Å². The average Bonchev–Trinajstić information content (AvgIpc) is 2.73. The molecule has 27 heavy (non-hydrogen) atoms. The molecule has 1 saturated heterocycles. The van der Waals surface area contributed by atoms with Crippen LogP contribution < -0.4 is 14.2 Å². The number of amides is 1. The highest BCUT2D eigenvalue weighted by atomic mass is 16.5. The number of hydrogen-bond acceptors (Lipinski definition) is 5. The quantitative estimate of drug-likeness (QED) is 0.783. The fraction of sp³-hybridized carbons (Fsp3) is 0.381. The summed E-state index contributed by atoms with van der Waals surface area (Å²) in [6.45, 7) is 3.92. The monoisotopic (exact) mass is 370 g/mol. The Morgan fingerprint density at radius 3 is 2.19 bits per heavy atom. The first-order valence-electron chi connectivity index (χ1n) is 9.01. The van der Waals surface area contributed by atoms with E-state index in [1.807, 2.05) is 23.1 Å². The van der Waals surface area contributed by atoms with E-state index in [9.17, 15) is 4.79 Å². The second-order valence-corrected chi connectivity index (χ2v) is 6.46. The van der Waals surface area contributed by atoms with Gasteiger partial charge in [-0.3, -0.25) is 9.69 Å². The largest absolute Gasteiger partial charge is 0.497 e. The molecule has 6 heteroatoms. The Balaban J connectivity index is 1.61. The molecule has 1 amide bonds. The average molecular weight is 370 g/mol. The van der Waals surface area contributed by atoms with E-state index in [1.54, 1.807) is 33.5 Å². The summed E-state index contributed by atoms with van der Waals surface area (Å²) < 4.78 is 15.9. The van der Waals surface area contributed by atoms with Crippen molar-refractivity contribution in [1.82, 2.24) is 9.80 Å². The van der Waals surface area contributed by atoms with Gasteiger partial charge in [-0.2, -0.15) is 0 Å². The molecule has 0 radical (unpaired) electrons. The third-order valence-electron chi connectivity index (χ3n) is 4.86. The first-order chi connectivity index (χ1) is 13.2. The molecule has 0 atom stereocenters. The van der Waals surface area contributed by atoms with E-state index in [1.165, 1.54) is 5.56 Å². The van der Waals surface area contributed by atoms with Crippen LogP contribution in [0.2, 0.25) is 0 Å². The molecule has 1 aliphatic rings. The van der Waals surface area contributed by atoms with Crippen molar-refractivity contribution in [1.29, 1.82) is 0 Å². The predicted octanol–water partition coefficient (Wildman–Crippen LogP) is 2.67. The number of hydrogen-bond donors (Lipinski definition) is 0. The van der Waals surface area contributed by atoms with Crippen molar-refractivity contribution < 1.29 is 19.0 Å². The van der Waals surface area contributed by atoms with Crippen molar-refractivity contribution in [3.63, 3.8) is 0 Å². The van der Waals surface area contributed by atoms with Gasteiger partial charge in [0.2, 0.25) is 0 Å². The summed E-state index contributed by atoms with van der Waals surface area (Å²) in [7, 11) is 4.80. The summed E-state index contributed by atoms with van der Waals surface area (Å²) in [5, 5.41) is 0. The van der Waals surface area contributed by atoms with E-state index in [4.69, 9.17) is 14.2 Å². The molecule has 0 spiro atoms. The minimum atomic E-state index is -0.0187. The molecule has 2 aromatic rings. The minimum absolute atomic E-state index is 0.0187. The van der Waals surface area contributed by atoms with E-state index in [2.05, 4.69) is 17.0 Å². The molecule has 0 aromatic heterocycles. The summed E-state index contributed by atoms with van der Waals surface area (Å²) in [6.07, 6.45) is 0. The van der Waals surface area contributed by atoms with E-state index in [0.717, 1.165) is 25.4 Å². The van der Waals surface area contributed by atoms with Gasteiger partial charge in [-0.15, -0.1) is 0 Å². The SMILES string of the molecule is COc1ccc(CN2CCN(C(=O)c3cccc(OC)c3OC)CC2)cc1. The van der Waals surface area contributed by atoms with Crippen molar-refractivity contribution in [3.05, 3.63) is 53.6 Å². The van der Waals surface area contributed by atoms with E-state index >= 15 is 0 Å². The number of nitrogens with zero attached hydrogens (tertiary/aromatic N) is 2. The number of para-hydroxylation sites is 1. The van der Waals surface area contributed by atoms with Crippen LogP contribution in [0.5, 0.6) is 17.2 Å². The third kappa shape index (κ3) is 4.34. The van der Waals surface area contributed by atoms with Gasteiger partial charge in [0.05, 0.1) is 26.9 Å². The van der Waals surface area contributed by atoms with Crippen molar-refractivity contribution in [3.8, 4) is 17.2 Å². The number of carbonyl (C=O) groups excluding carboxylic acids is 1. The van der Waals surface area contributed by atoms with Gasteiger partial charge in [0.15, 0.2) is 11.5 Å². The van der Waals surface area contributed by atoms with Gasteiger partial charge in [-0.25, -0.2) is 0 Å². The van der Waals surface area contributed by atoms with Gasteiger partial charge in [0.1, 0.15) is 5.75 Å². The normalized spacial score (nSPS) is 14.7. The Morgan fingerprint density at radius 2 is 1.59 bits per heavy atom. The molecule has 2 aromatic carbocycles. The first kappa shape index (κ1) is 19.0. The summed E-state index contributed by atoms with van der Waals surface area (Å²) in [6, 6.07) is 13.5. The fourth-order valence-electron chi connectivity index (χ4n) is 3.32. The van der Waals surface area contributed by atoms with Gasteiger partial charge in [0, 0.05) is 32.7 Å². The standard InChI is InChI=1S/C21H26N2O4/c1-25-17-9-7-16(8-10-17)15-22-11-13-23(14-12-22)21(24)18-5-4-6-19(26-2)20(18)27-3/h4-10H,11-15H2,1-3H3. The van der Waals surface area contributed by atoms with Crippen LogP contribution in [0.3, 0.4) is 0 Å². The van der Waals surface area contributed by atoms with Crippen LogP contribution in [-0.4, -0.2) is 63.2 Å². The Labute approximate surface area is 160 Å². The topological polar surface area (TPSA) is 51.2 Å². The lowest BCUT2D eigenvalue weighted by molar-refractivity contribution is 0.0624. The molecule has 144 valence electrons. The van der Waals surface area contributed by atoms with E-state index in [0.29, 0.717) is 30.2 Å². The number of piperazine rings is 1. The number of carbonyl (C=O) groups is 1. The van der Waals surface area contributed by atoms with Crippen LogP contribution in [0.15, 0.2) is 42.5 Å². The number of methoxy groups -OCH3 is 3. The van der Waals surface area contributed by atoms with Crippen molar-refractivity contribution >= 4 is 5.91 Å². The first-order valence-corrected chi connectivity index (χ1v) is 9.01. The predicted molar refractivity (Wildman–Crippen MR) is 104 cm³/mol. The fourth-order valence-corrected chi connectivity index (χ4v) is 3.32. The zero-order valence-corrected chi connectivity index (χ0v) is 16.1. The minimum Gasteiger partial charge on any atom is -0.497 e. The zero-order chi connectivity index (χ0) is 19.2. The highest BCUT2D eigenvalue weighted by molar-refractivity contribution is 5.97. The van der Waals surface area contributed by atoms with E-state index < -0.39 is 0 Å². The second kappa shape index (κ2) is 8.77. The number of benzene rings is 2. The third-order valence-corrected chi connectivity index (χ3v) is 4.86. The lowest BCUT2D eigenvalue weighted by Gasteiger charge is -2.35. The summed E-state index contributed by atoms with van der Waals surface area (Å²) in [5.41, 5.74) is 1.78. The Kier molecular flexibility index (Phi) is 6.19.